The number of aromatic nitrogens is 4. The summed E-state index contributed by atoms with van der Waals surface area (Å²) < 4.78 is 3.56. The number of rotatable bonds is 4. The van der Waals surface area contributed by atoms with E-state index in [2.05, 4.69) is 24.0 Å². The fourth-order valence-corrected chi connectivity index (χ4v) is 6.06. The molecule has 4 aromatic rings. The molecule has 0 bridgehead atoms. The van der Waals surface area contributed by atoms with Crippen LogP contribution < -0.4 is 5.56 Å². The Balaban J connectivity index is 1.60. The fourth-order valence-electron chi connectivity index (χ4n) is 5.22. The minimum absolute atomic E-state index is 0.118. The molecule has 0 radical (unpaired) electrons. The Morgan fingerprint density at radius 1 is 1.00 bits per heavy atom. The SMILES string of the molecule is Cc1cccc(C)c1-n1c(=O)c2ccccc2n2c(SCC(=O)N3C[C@H](C)C[C@@H](C)C3)nnc12. The minimum atomic E-state index is -0.128. The first kappa shape index (κ1) is 22.7. The van der Waals surface area contributed by atoms with Gasteiger partial charge in [0.15, 0.2) is 5.16 Å². The maximum Gasteiger partial charge on any atom is 0.267 e. The van der Waals surface area contributed by atoms with Crippen molar-refractivity contribution in [2.24, 2.45) is 11.8 Å². The molecule has 0 unspecified atom stereocenters. The topological polar surface area (TPSA) is 72.5 Å². The minimum Gasteiger partial charge on any atom is -0.341 e. The number of benzene rings is 2. The molecule has 176 valence electrons. The second-order valence-corrected chi connectivity index (χ2v) is 10.5. The Labute approximate surface area is 202 Å². The third kappa shape index (κ3) is 3.90. The number of fused-ring (bicyclic) bond motifs is 3. The zero-order valence-corrected chi connectivity index (χ0v) is 20.8. The molecule has 2 aromatic carbocycles. The summed E-state index contributed by atoms with van der Waals surface area (Å²) >= 11 is 1.38. The van der Waals surface area contributed by atoms with Gasteiger partial charge in [0.1, 0.15) is 0 Å². The molecule has 2 aromatic heterocycles. The van der Waals surface area contributed by atoms with E-state index in [1.54, 1.807) is 4.57 Å². The highest BCUT2D eigenvalue weighted by Gasteiger charge is 2.26. The number of hydrogen-bond donors (Lipinski definition) is 0. The van der Waals surface area contributed by atoms with E-state index in [4.69, 9.17) is 0 Å². The molecule has 0 spiro atoms. The summed E-state index contributed by atoms with van der Waals surface area (Å²) in [5.74, 6) is 1.89. The summed E-state index contributed by atoms with van der Waals surface area (Å²) in [4.78, 5) is 28.6. The van der Waals surface area contributed by atoms with Gasteiger partial charge < -0.3 is 4.90 Å². The average molecular weight is 476 g/mol. The maximum atomic E-state index is 13.6. The zero-order chi connectivity index (χ0) is 24.0. The number of carbonyl (C=O) groups is 1. The molecule has 0 N–H and O–H groups in total. The van der Waals surface area contributed by atoms with Crippen LogP contribution in [0.3, 0.4) is 0 Å². The van der Waals surface area contributed by atoms with Crippen molar-refractivity contribution in [2.45, 2.75) is 39.3 Å². The van der Waals surface area contributed by atoms with Crippen LogP contribution >= 0.6 is 11.8 Å². The third-order valence-corrected chi connectivity index (χ3v) is 7.52. The van der Waals surface area contributed by atoms with Crippen molar-refractivity contribution in [2.75, 3.05) is 18.8 Å². The van der Waals surface area contributed by atoms with Crippen LogP contribution in [-0.4, -0.2) is 48.8 Å². The highest BCUT2D eigenvalue weighted by Crippen LogP contribution is 2.27. The second kappa shape index (κ2) is 8.91. The van der Waals surface area contributed by atoms with Crippen LogP contribution in [0.1, 0.15) is 31.4 Å². The fraction of sp³-hybridized carbons (Fsp3) is 0.385. The number of likely N-dealkylation sites (tertiary alicyclic amines) is 1. The normalized spacial score (nSPS) is 18.6. The van der Waals surface area contributed by atoms with Gasteiger partial charge in [-0.15, -0.1) is 10.2 Å². The van der Waals surface area contributed by atoms with E-state index in [1.165, 1.54) is 11.8 Å². The molecule has 3 heterocycles. The number of para-hydroxylation sites is 2. The molecule has 7 nitrogen and oxygen atoms in total. The van der Waals surface area contributed by atoms with Gasteiger partial charge in [0.25, 0.3) is 5.56 Å². The highest BCUT2D eigenvalue weighted by atomic mass is 32.2. The van der Waals surface area contributed by atoms with E-state index < -0.39 is 0 Å². The molecule has 5 rings (SSSR count). The molecular formula is C26H29N5O2S. The molecule has 1 aliphatic rings. The number of nitrogens with zero attached hydrogens (tertiary/aromatic N) is 5. The van der Waals surface area contributed by atoms with Gasteiger partial charge in [-0.25, -0.2) is 4.57 Å². The van der Waals surface area contributed by atoms with E-state index in [9.17, 15) is 9.59 Å². The van der Waals surface area contributed by atoms with Gasteiger partial charge in [0, 0.05) is 13.1 Å². The van der Waals surface area contributed by atoms with Crippen LogP contribution in [0.4, 0.5) is 0 Å². The molecule has 1 amide bonds. The lowest BCUT2D eigenvalue weighted by molar-refractivity contribution is -0.130. The lowest BCUT2D eigenvalue weighted by Crippen LogP contribution is -2.43. The monoisotopic (exact) mass is 475 g/mol. The van der Waals surface area contributed by atoms with Crippen molar-refractivity contribution in [1.29, 1.82) is 0 Å². The molecule has 8 heteroatoms. The van der Waals surface area contributed by atoms with Gasteiger partial charge in [0.2, 0.25) is 11.7 Å². The van der Waals surface area contributed by atoms with Crippen molar-refractivity contribution < 1.29 is 4.79 Å². The molecule has 34 heavy (non-hydrogen) atoms. The molecule has 2 atom stereocenters. The lowest BCUT2D eigenvalue weighted by Gasteiger charge is -2.34. The van der Waals surface area contributed by atoms with Crippen molar-refractivity contribution >= 4 is 34.3 Å². The Morgan fingerprint density at radius 2 is 1.68 bits per heavy atom. The van der Waals surface area contributed by atoms with E-state index >= 15 is 0 Å². The smallest absolute Gasteiger partial charge is 0.267 e. The van der Waals surface area contributed by atoms with Crippen molar-refractivity contribution in [3.05, 3.63) is 63.9 Å². The summed E-state index contributed by atoms with van der Waals surface area (Å²) in [5, 5.41) is 10.1. The molecule has 0 aliphatic carbocycles. The van der Waals surface area contributed by atoms with Crippen LogP contribution in [0, 0.1) is 25.7 Å². The summed E-state index contributed by atoms with van der Waals surface area (Å²) in [6.07, 6.45) is 1.16. The van der Waals surface area contributed by atoms with Gasteiger partial charge in [-0.3, -0.25) is 14.0 Å². The van der Waals surface area contributed by atoms with Gasteiger partial charge in [-0.1, -0.05) is 55.9 Å². The number of aryl methyl sites for hydroxylation is 2. The molecule has 1 fully saturated rings. The van der Waals surface area contributed by atoms with Crippen LogP contribution in [0.5, 0.6) is 0 Å². The Hall–Kier alpha value is -3.13. The van der Waals surface area contributed by atoms with E-state index in [1.807, 2.05) is 65.6 Å². The highest BCUT2D eigenvalue weighted by molar-refractivity contribution is 7.99. The van der Waals surface area contributed by atoms with Crippen molar-refractivity contribution in [3.63, 3.8) is 0 Å². The molecule has 1 aliphatic heterocycles. The van der Waals surface area contributed by atoms with Crippen LogP contribution in [-0.2, 0) is 4.79 Å². The first-order valence-electron chi connectivity index (χ1n) is 11.7. The molecule has 1 saturated heterocycles. The van der Waals surface area contributed by atoms with Crippen molar-refractivity contribution in [1.82, 2.24) is 24.1 Å². The van der Waals surface area contributed by atoms with Gasteiger partial charge >= 0.3 is 0 Å². The lowest BCUT2D eigenvalue weighted by atomic mass is 9.92. The largest absolute Gasteiger partial charge is 0.341 e. The zero-order valence-electron chi connectivity index (χ0n) is 20.0. The standard InChI is InChI=1S/C26H29N5O2S/c1-16-12-17(2)14-29(13-16)22(32)15-34-26-28-27-25-30(26)21-11-6-5-10-20(21)24(33)31(25)23-18(3)8-7-9-19(23)4/h5-11,16-17H,12-15H2,1-4H3/t16-,17-/m1/s1. The summed E-state index contributed by atoms with van der Waals surface area (Å²) in [7, 11) is 0. The Kier molecular flexibility index (Phi) is 5.93. The van der Waals surface area contributed by atoms with Gasteiger partial charge in [-0.05, 0) is 55.4 Å². The number of carbonyl (C=O) groups excluding carboxylic acids is 1. The summed E-state index contributed by atoms with van der Waals surface area (Å²) in [6, 6.07) is 13.5. The predicted octanol–water partition coefficient (Wildman–Crippen LogP) is 4.25. The molecule has 0 saturated carbocycles. The van der Waals surface area contributed by atoms with E-state index in [0.717, 1.165) is 41.8 Å². The van der Waals surface area contributed by atoms with Crippen LogP contribution in [0.2, 0.25) is 0 Å². The van der Waals surface area contributed by atoms with Crippen LogP contribution in [0.15, 0.2) is 52.4 Å². The number of amides is 1. The van der Waals surface area contributed by atoms with Gasteiger partial charge in [-0.2, -0.15) is 0 Å². The summed E-state index contributed by atoms with van der Waals surface area (Å²) in [6.45, 7) is 10.00. The third-order valence-electron chi connectivity index (χ3n) is 6.60. The first-order valence-corrected chi connectivity index (χ1v) is 12.7. The predicted molar refractivity (Wildman–Crippen MR) is 136 cm³/mol. The maximum absolute atomic E-state index is 13.6. The van der Waals surface area contributed by atoms with Crippen molar-refractivity contribution in [3.8, 4) is 5.69 Å². The quantitative estimate of drug-likeness (QED) is 0.413. The second-order valence-electron chi connectivity index (χ2n) is 9.55. The Bertz CT molecular complexity index is 1430. The number of thioether (sulfide) groups is 1. The number of piperidine rings is 1. The summed E-state index contributed by atoms with van der Waals surface area (Å²) in [5.41, 5.74) is 3.40. The van der Waals surface area contributed by atoms with Crippen LogP contribution in [0.25, 0.3) is 22.4 Å². The van der Waals surface area contributed by atoms with E-state index in [0.29, 0.717) is 28.2 Å². The first-order chi connectivity index (χ1) is 16.3. The molecular weight excluding hydrogens is 446 g/mol. The Morgan fingerprint density at radius 3 is 2.38 bits per heavy atom. The van der Waals surface area contributed by atoms with E-state index in [-0.39, 0.29) is 17.2 Å². The number of hydrogen-bond acceptors (Lipinski definition) is 5. The van der Waals surface area contributed by atoms with Gasteiger partial charge in [0.05, 0.1) is 22.3 Å². The average Bonchev–Trinajstić information content (AvgIpc) is 3.22.